The van der Waals surface area contributed by atoms with Gasteiger partial charge in [-0.3, -0.25) is 0 Å². The predicted molar refractivity (Wildman–Crippen MR) is 70.3 cm³/mol. The van der Waals surface area contributed by atoms with E-state index < -0.39 is 10.0 Å². The van der Waals surface area contributed by atoms with Crippen LogP contribution in [0.2, 0.25) is 0 Å². The summed E-state index contributed by atoms with van der Waals surface area (Å²) < 4.78 is 24.3. The van der Waals surface area contributed by atoms with Crippen molar-refractivity contribution in [2.24, 2.45) is 11.1 Å². The number of nitrogens with two attached hydrogens (primary N) is 1. The highest BCUT2D eigenvalue weighted by Crippen LogP contribution is 2.21. The molecule has 0 saturated carbocycles. The lowest BCUT2D eigenvalue weighted by molar-refractivity contribution is 0.124. The van der Waals surface area contributed by atoms with E-state index in [-0.39, 0.29) is 5.41 Å². The van der Waals surface area contributed by atoms with Gasteiger partial charge in [0, 0.05) is 32.7 Å². The number of piperazine rings is 1. The zero-order chi connectivity index (χ0) is 13.1. The van der Waals surface area contributed by atoms with E-state index in [9.17, 15) is 8.42 Å². The van der Waals surface area contributed by atoms with Crippen LogP contribution in [0.1, 0.15) is 20.3 Å². The number of rotatable bonds is 5. The average molecular weight is 263 g/mol. The molecule has 2 N–H and O–H groups in total. The molecule has 1 rings (SSSR count). The van der Waals surface area contributed by atoms with Crippen molar-refractivity contribution in [3.05, 3.63) is 0 Å². The van der Waals surface area contributed by atoms with Crippen molar-refractivity contribution >= 4 is 10.0 Å². The van der Waals surface area contributed by atoms with E-state index in [1.54, 1.807) is 4.31 Å². The van der Waals surface area contributed by atoms with E-state index >= 15 is 0 Å². The molecule has 1 fully saturated rings. The molecule has 6 heteroatoms. The molecular formula is C11H25N3O2S. The molecule has 0 aromatic heterocycles. The van der Waals surface area contributed by atoms with Crippen LogP contribution < -0.4 is 5.73 Å². The smallest absolute Gasteiger partial charge is 0.211 e. The Labute approximate surface area is 105 Å². The van der Waals surface area contributed by atoms with E-state index in [0.29, 0.717) is 19.6 Å². The lowest BCUT2D eigenvalue weighted by Gasteiger charge is -2.38. The summed E-state index contributed by atoms with van der Waals surface area (Å²) in [5.74, 6) is 0. The minimum atomic E-state index is -3.02. The molecule has 1 heterocycles. The molecule has 0 spiro atoms. The molecule has 0 aromatic rings. The van der Waals surface area contributed by atoms with Crippen LogP contribution >= 0.6 is 0 Å². The van der Waals surface area contributed by atoms with Crippen LogP contribution in [0.5, 0.6) is 0 Å². The van der Waals surface area contributed by atoms with Gasteiger partial charge in [-0.05, 0) is 18.4 Å². The summed E-state index contributed by atoms with van der Waals surface area (Å²) in [4.78, 5) is 2.32. The first-order valence-electron chi connectivity index (χ1n) is 6.18. The van der Waals surface area contributed by atoms with Crippen molar-refractivity contribution < 1.29 is 8.42 Å². The van der Waals surface area contributed by atoms with E-state index in [1.807, 2.05) is 0 Å². The third-order valence-electron chi connectivity index (χ3n) is 3.75. The summed E-state index contributed by atoms with van der Waals surface area (Å²) in [6, 6.07) is 0. The predicted octanol–water partition coefficient (Wildman–Crippen LogP) is -0.0614. The second kappa shape index (κ2) is 5.65. The molecule has 0 aromatic carbocycles. The van der Waals surface area contributed by atoms with E-state index in [2.05, 4.69) is 18.7 Å². The zero-order valence-corrected chi connectivity index (χ0v) is 12.0. The highest BCUT2D eigenvalue weighted by atomic mass is 32.2. The Kier molecular flexibility index (Phi) is 4.95. The Bertz CT molecular complexity index is 331. The number of nitrogens with zero attached hydrogens (tertiary/aromatic N) is 2. The third-order valence-corrected chi connectivity index (χ3v) is 5.06. The fourth-order valence-electron chi connectivity index (χ4n) is 2.08. The summed E-state index contributed by atoms with van der Waals surface area (Å²) in [5.41, 5.74) is 5.94. The van der Waals surface area contributed by atoms with Gasteiger partial charge in [0.15, 0.2) is 0 Å². The van der Waals surface area contributed by atoms with E-state index in [1.165, 1.54) is 6.26 Å². The van der Waals surface area contributed by atoms with Crippen molar-refractivity contribution in [1.82, 2.24) is 9.21 Å². The third kappa shape index (κ3) is 4.21. The minimum Gasteiger partial charge on any atom is -0.330 e. The van der Waals surface area contributed by atoms with Crippen molar-refractivity contribution in [1.29, 1.82) is 0 Å². The normalized spacial score (nSPS) is 23.5. The molecular weight excluding hydrogens is 238 g/mol. The van der Waals surface area contributed by atoms with Crippen molar-refractivity contribution in [2.45, 2.75) is 20.3 Å². The molecule has 0 radical (unpaired) electrons. The highest BCUT2D eigenvalue weighted by Gasteiger charge is 2.28. The first-order valence-corrected chi connectivity index (χ1v) is 8.03. The van der Waals surface area contributed by atoms with Gasteiger partial charge in [0.2, 0.25) is 10.0 Å². The summed E-state index contributed by atoms with van der Waals surface area (Å²) in [6.45, 7) is 8.79. The Morgan fingerprint density at radius 3 is 2.12 bits per heavy atom. The fraction of sp³-hybridized carbons (Fsp3) is 1.00. The first-order chi connectivity index (χ1) is 7.80. The molecule has 1 aliphatic rings. The maximum atomic E-state index is 11.4. The van der Waals surface area contributed by atoms with Crippen molar-refractivity contribution in [3.8, 4) is 0 Å². The van der Waals surface area contributed by atoms with Crippen LogP contribution in [0.4, 0.5) is 0 Å². The Morgan fingerprint density at radius 2 is 1.76 bits per heavy atom. The standard InChI is InChI=1S/C11H25N3O2S/c1-4-11(2,9-12)10-13-5-7-14(8-6-13)17(3,15)16/h4-10,12H2,1-3H3. The summed E-state index contributed by atoms with van der Waals surface area (Å²) in [7, 11) is -3.02. The average Bonchev–Trinajstić information content (AvgIpc) is 2.28. The lowest BCUT2D eigenvalue weighted by Crippen LogP contribution is -2.51. The van der Waals surface area contributed by atoms with Gasteiger partial charge in [-0.25, -0.2) is 8.42 Å². The molecule has 102 valence electrons. The van der Waals surface area contributed by atoms with Crippen LogP contribution in [0.25, 0.3) is 0 Å². The molecule has 5 nitrogen and oxygen atoms in total. The summed E-state index contributed by atoms with van der Waals surface area (Å²) in [5, 5.41) is 0. The number of hydrogen-bond acceptors (Lipinski definition) is 4. The Balaban J connectivity index is 2.48. The molecule has 0 amide bonds. The molecule has 1 unspecified atom stereocenters. The second-order valence-electron chi connectivity index (χ2n) is 5.31. The van der Waals surface area contributed by atoms with Crippen LogP contribution in [0.15, 0.2) is 0 Å². The monoisotopic (exact) mass is 263 g/mol. The van der Waals surface area contributed by atoms with Gasteiger partial charge in [-0.15, -0.1) is 0 Å². The number of hydrogen-bond donors (Lipinski definition) is 1. The van der Waals surface area contributed by atoms with Crippen LogP contribution in [-0.4, -0.2) is 63.1 Å². The van der Waals surface area contributed by atoms with Gasteiger partial charge in [0.05, 0.1) is 6.26 Å². The van der Waals surface area contributed by atoms with Gasteiger partial charge >= 0.3 is 0 Å². The van der Waals surface area contributed by atoms with Gasteiger partial charge < -0.3 is 10.6 Å². The summed E-state index contributed by atoms with van der Waals surface area (Å²) in [6.07, 6.45) is 2.33. The van der Waals surface area contributed by atoms with Crippen LogP contribution in [0, 0.1) is 5.41 Å². The largest absolute Gasteiger partial charge is 0.330 e. The quantitative estimate of drug-likeness (QED) is 0.754. The SMILES string of the molecule is CCC(C)(CN)CN1CCN(S(C)(=O)=O)CC1. The van der Waals surface area contributed by atoms with Gasteiger partial charge in [0.1, 0.15) is 0 Å². The van der Waals surface area contributed by atoms with Gasteiger partial charge in [0.25, 0.3) is 0 Å². The Morgan fingerprint density at radius 1 is 1.24 bits per heavy atom. The van der Waals surface area contributed by atoms with E-state index in [0.717, 1.165) is 26.1 Å². The van der Waals surface area contributed by atoms with E-state index in [4.69, 9.17) is 5.73 Å². The molecule has 1 saturated heterocycles. The van der Waals surface area contributed by atoms with Crippen molar-refractivity contribution in [2.75, 3.05) is 45.5 Å². The first kappa shape index (κ1) is 14.9. The minimum absolute atomic E-state index is 0.146. The lowest BCUT2D eigenvalue weighted by atomic mass is 9.87. The molecule has 0 aliphatic carbocycles. The van der Waals surface area contributed by atoms with Gasteiger partial charge in [-0.1, -0.05) is 13.8 Å². The Hall–Kier alpha value is -0.170. The molecule has 0 bridgehead atoms. The molecule has 1 atom stereocenters. The summed E-state index contributed by atoms with van der Waals surface area (Å²) >= 11 is 0. The maximum absolute atomic E-state index is 11.4. The fourth-order valence-corrected chi connectivity index (χ4v) is 2.91. The van der Waals surface area contributed by atoms with Crippen LogP contribution in [-0.2, 0) is 10.0 Å². The highest BCUT2D eigenvalue weighted by molar-refractivity contribution is 7.88. The molecule has 1 aliphatic heterocycles. The second-order valence-corrected chi connectivity index (χ2v) is 7.29. The van der Waals surface area contributed by atoms with Crippen molar-refractivity contribution in [3.63, 3.8) is 0 Å². The topological polar surface area (TPSA) is 66.6 Å². The van der Waals surface area contributed by atoms with Crippen LogP contribution in [0.3, 0.4) is 0 Å². The zero-order valence-electron chi connectivity index (χ0n) is 11.1. The maximum Gasteiger partial charge on any atom is 0.211 e. The van der Waals surface area contributed by atoms with Gasteiger partial charge in [-0.2, -0.15) is 4.31 Å². The number of sulfonamides is 1. The molecule has 17 heavy (non-hydrogen) atoms.